The van der Waals surface area contributed by atoms with Crippen molar-refractivity contribution >= 4 is 38.3 Å². The van der Waals surface area contributed by atoms with Gasteiger partial charge in [0.05, 0.1) is 21.7 Å². The molecule has 0 spiro atoms. The molecule has 0 atom stereocenters. The molecule has 0 fully saturated rings. The van der Waals surface area contributed by atoms with E-state index < -0.39 is 21.8 Å². The number of anilines is 1. The zero-order valence-corrected chi connectivity index (χ0v) is 17.5. The van der Waals surface area contributed by atoms with Crippen molar-refractivity contribution in [2.45, 2.75) is 4.90 Å². The van der Waals surface area contributed by atoms with Crippen LogP contribution in [0, 0.1) is 0 Å². The molecular formula is C24H20N2O4S. The molecule has 1 heterocycles. The van der Waals surface area contributed by atoms with Crippen molar-refractivity contribution < 1.29 is 18.0 Å². The number of amides is 2. The van der Waals surface area contributed by atoms with Crippen molar-refractivity contribution in [3.05, 3.63) is 97.1 Å². The average molecular weight is 433 g/mol. The second kappa shape index (κ2) is 7.94. The van der Waals surface area contributed by atoms with Crippen LogP contribution >= 0.6 is 0 Å². The van der Waals surface area contributed by atoms with Gasteiger partial charge in [-0.1, -0.05) is 48.6 Å². The van der Waals surface area contributed by atoms with E-state index >= 15 is 0 Å². The number of carbonyl (C=O) groups excluding carboxylic acids is 2. The Bertz CT molecular complexity index is 1300. The molecule has 0 bridgehead atoms. The van der Waals surface area contributed by atoms with E-state index in [1.165, 1.54) is 28.6 Å². The predicted octanol–water partition coefficient (Wildman–Crippen LogP) is 4.00. The van der Waals surface area contributed by atoms with Gasteiger partial charge < -0.3 is 0 Å². The van der Waals surface area contributed by atoms with Gasteiger partial charge in [-0.2, -0.15) is 4.31 Å². The van der Waals surface area contributed by atoms with Gasteiger partial charge in [0, 0.05) is 23.9 Å². The summed E-state index contributed by atoms with van der Waals surface area (Å²) in [5, 5.41) is 0.921. The molecule has 1 aliphatic heterocycles. The van der Waals surface area contributed by atoms with E-state index in [1.54, 1.807) is 48.5 Å². The lowest BCUT2D eigenvalue weighted by Gasteiger charge is -2.22. The number of hydrogen-bond donors (Lipinski definition) is 0. The lowest BCUT2D eigenvalue weighted by Crippen LogP contribution is -2.32. The van der Waals surface area contributed by atoms with Crippen LogP contribution in [0.4, 0.5) is 5.69 Å². The molecule has 0 radical (unpaired) electrons. The first-order chi connectivity index (χ1) is 14.9. The Morgan fingerprint density at radius 2 is 1.29 bits per heavy atom. The van der Waals surface area contributed by atoms with Gasteiger partial charge in [-0.05, 0) is 24.3 Å². The number of carbonyl (C=O) groups is 2. The molecule has 1 aliphatic rings. The molecular weight excluding hydrogens is 412 g/mol. The first-order valence-electron chi connectivity index (χ1n) is 9.63. The molecule has 31 heavy (non-hydrogen) atoms. The highest BCUT2D eigenvalue weighted by Crippen LogP contribution is 2.37. The summed E-state index contributed by atoms with van der Waals surface area (Å²) >= 11 is 0. The van der Waals surface area contributed by atoms with Crippen LogP contribution in [-0.2, 0) is 10.0 Å². The number of fused-ring (bicyclic) bond motifs is 2. The van der Waals surface area contributed by atoms with E-state index in [0.29, 0.717) is 27.6 Å². The minimum atomic E-state index is -3.87. The lowest BCUT2D eigenvalue weighted by atomic mass is 10.1. The highest BCUT2D eigenvalue weighted by Gasteiger charge is 2.37. The van der Waals surface area contributed by atoms with Gasteiger partial charge in [-0.25, -0.2) is 13.3 Å². The second-order valence-electron chi connectivity index (χ2n) is 7.02. The molecule has 3 aromatic carbocycles. The normalized spacial score (nSPS) is 13.6. The van der Waals surface area contributed by atoms with Crippen molar-refractivity contribution in [1.29, 1.82) is 0 Å². The van der Waals surface area contributed by atoms with Gasteiger partial charge in [0.2, 0.25) is 10.0 Å². The SMILES string of the molecule is C=CCN(CC=C)S(=O)(=O)c1ccc(N2C(=O)c3ccccc3C2=O)c2ccccc12. The number of rotatable bonds is 7. The van der Waals surface area contributed by atoms with Crippen molar-refractivity contribution in [1.82, 2.24) is 4.31 Å². The summed E-state index contributed by atoms with van der Waals surface area (Å²) in [6.45, 7) is 7.52. The summed E-state index contributed by atoms with van der Waals surface area (Å²) in [6, 6.07) is 16.4. The van der Waals surface area contributed by atoms with Gasteiger partial charge in [0.1, 0.15) is 0 Å². The Kier molecular flexibility index (Phi) is 5.31. The smallest absolute Gasteiger partial charge is 0.266 e. The maximum atomic E-state index is 13.3. The fourth-order valence-electron chi connectivity index (χ4n) is 3.78. The predicted molar refractivity (Wildman–Crippen MR) is 121 cm³/mol. The zero-order valence-electron chi connectivity index (χ0n) is 16.7. The van der Waals surface area contributed by atoms with Crippen LogP contribution in [0.15, 0.2) is 90.9 Å². The van der Waals surface area contributed by atoms with Crippen molar-refractivity contribution in [2.24, 2.45) is 0 Å². The number of hydrogen-bond acceptors (Lipinski definition) is 4. The van der Waals surface area contributed by atoms with Crippen LogP contribution in [0.25, 0.3) is 10.8 Å². The fraction of sp³-hybridized carbons (Fsp3) is 0.0833. The Morgan fingerprint density at radius 1 is 0.774 bits per heavy atom. The van der Waals surface area contributed by atoms with Crippen LogP contribution in [0.3, 0.4) is 0 Å². The van der Waals surface area contributed by atoms with Crippen molar-refractivity contribution in [3.8, 4) is 0 Å². The minimum Gasteiger partial charge on any atom is -0.268 e. The largest absolute Gasteiger partial charge is 0.268 e. The Balaban J connectivity index is 1.90. The molecule has 0 unspecified atom stereocenters. The molecule has 0 N–H and O–H groups in total. The highest BCUT2D eigenvalue weighted by molar-refractivity contribution is 7.89. The highest BCUT2D eigenvalue weighted by atomic mass is 32.2. The molecule has 3 aromatic rings. The zero-order chi connectivity index (χ0) is 22.2. The standard InChI is InChI=1S/C24H20N2O4S/c1-3-15-25(16-4-2)31(29,30)22-14-13-21(17-9-5-6-10-18(17)22)26-23(27)19-11-7-8-12-20(19)24(26)28/h3-14H,1-2,15-16H2. The van der Waals surface area contributed by atoms with Gasteiger partial charge in [0.15, 0.2) is 0 Å². The van der Waals surface area contributed by atoms with E-state index in [1.807, 2.05) is 0 Å². The third kappa shape index (κ3) is 3.28. The third-order valence-electron chi connectivity index (χ3n) is 5.18. The van der Waals surface area contributed by atoms with Gasteiger partial charge >= 0.3 is 0 Å². The summed E-state index contributed by atoms with van der Waals surface area (Å²) in [7, 11) is -3.87. The van der Waals surface area contributed by atoms with E-state index in [-0.39, 0.29) is 18.0 Å². The van der Waals surface area contributed by atoms with Crippen LogP contribution in [0.2, 0.25) is 0 Å². The Labute approximate surface area is 180 Å². The Hall–Kier alpha value is -3.55. The van der Waals surface area contributed by atoms with E-state index in [2.05, 4.69) is 13.2 Å². The monoisotopic (exact) mass is 432 g/mol. The quantitative estimate of drug-likeness (QED) is 0.418. The number of benzene rings is 3. The molecule has 0 aromatic heterocycles. The van der Waals surface area contributed by atoms with E-state index in [9.17, 15) is 18.0 Å². The summed E-state index contributed by atoms with van der Waals surface area (Å²) in [4.78, 5) is 27.1. The second-order valence-corrected chi connectivity index (χ2v) is 8.93. The summed E-state index contributed by atoms with van der Waals surface area (Å²) in [5.41, 5.74) is 1.01. The summed E-state index contributed by atoms with van der Waals surface area (Å²) in [6.07, 6.45) is 3.02. The van der Waals surface area contributed by atoms with E-state index in [4.69, 9.17) is 0 Å². The summed E-state index contributed by atoms with van der Waals surface area (Å²) < 4.78 is 28.0. The maximum Gasteiger partial charge on any atom is 0.266 e. The van der Waals surface area contributed by atoms with E-state index in [0.717, 1.165) is 4.90 Å². The molecule has 0 aliphatic carbocycles. The van der Waals surface area contributed by atoms with Crippen LogP contribution in [0.1, 0.15) is 20.7 Å². The Morgan fingerprint density at radius 3 is 1.84 bits per heavy atom. The molecule has 6 nitrogen and oxygen atoms in total. The molecule has 0 saturated carbocycles. The molecule has 4 rings (SSSR count). The molecule has 2 amide bonds. The first kappa shape index (κ1) is 20.7. The molecule has 7 heteroatoms. The fourth-order valence-corrected chi connectivity index (χ4v) is 5.36. The average Bonchev–Trinajstić information content (AvgIpc) is 3.03. The lowest BCUT2D eigenvalue weighted by molar-refractivity contribution is 0.0926. The van der Waals surface area contributed by atoms with Crippen molar-refractivity contribution in [3.63, 3.8) is 0 Å². The number of imide groups is 1. The molecule has 156 valence electrons. The van der Waals surface area contributed by atoms with Crippen LogP contribution < -0.4 is 4.90 Å². The van der Waals surface area contributed by atoms with Gasteiger partial charge in [0.25, 0.3) is 11.8 Å². The van der Waals surface area contributed by atoms with Crippen LogP contribution in [-0.4, -0.2) is 37.6 Å². The maximum absolute atomic E-state index is 13.3. The summed E-state index contributed by atoms with van der Waals surface area (Å²) in [5.74, 6) is -0.859. The topological polar surface area (TPSA) is 74.8 Å². The van der Waals surface area contributed by atoms with Gasteiger partial charge in [-0.15, -0.1) is 13.2 Å². The van der Waals surface area contributed by atoms with Crippen molar-refractivity contribution in [2.75, 3.05) is 18.0 Å². The minimum absolute atomic E-state index is 0.0900. The number of nitrogens with zero attached hydrogens (tertiary/aromatic N) is 2. The molecule has 0 saturated heterocycles. The number of sulfonamides is 1. The first-order valence-corrected chi connectivity index (χ1v) is 11.1. The van der Waals surface area contributed by atoms with Gasteiger partial charge in [-0.3, -0.25) is 9.59 Å². The third-order valence-corrected chi connectivity index (χ3v) is 7.07. The van der Waals surface area contributed by atoms with Crippen LogP contribution in [0.5, 0.6) is 0 Å².